The van der Waals surface area contributed by atoms with Crippen molar-refractivity contribution in [3.63, 3.8) is 0 Å². The van der Waals surface area contributed by atoms with Crippen LogP contribution in [0, 0.1) is 0 Å². The number of hydrogen-bond acceptors (Lipinski definition) is 3. The summed E-state index contributed by atoms with van der Waals surface area (Å²) in [5, 5.41) is 9.86. The van der Waals surface area contributed by atoms with Gasteiger partial charge in [0.1, 0.15) is 18.5 Å². The minimum absolute atomic E-state index is 0.255. The van der Waals surface area contributed by atoms with Gasteiger partial charge < -0.3 is 14.6 Å². The molecular weight excluding hydrogens is 300 g/mol. The molecule has 1 N–H and O–H groups in total. The van der Waals surface area contributed by atoms with Gasteiger partial charge in [0.2, 0.25) is 0 Å². The van der Waals surface area contributed by atoms with Crippen LogP contribution in [0.4, 0.5) is 0 Å². The second-order valence-electron chi connectivity index (χ2n) is 6.27. The summed E-state index contributed by atoms with van der Waals surface area (Å²) in [5.74, 6) is 0.881. The quantitative estimate of drug-likeness (QED) is 0.365. The maximum Gasteiger partial charge on any atom is 0.122 e. The molecule has 0 aliphatic carbocycles. The molecule has 0 saturated carbocycles. The third-order valence-electron chi connectivity index (χ3n) is 4.00. The van der Waals surface area contributed by atoms with Crippen molar-refractivity contribution in [3.05, 3.63) is 42.5 Å². The summed E-state index contributed by atoms with van der Waals surface area (Å²) in [6.45, 7) is 6.81. The highest BCUT2D eigenvalue weighted by atomic mass is 16.5. The first-order chi connectivity index (χ1) is 11.8. The van der Waals surface area contributed by atoms with Crippen molar-refractivity contribution < 1.29 is 14.6 Å². The monoisotopic (exact) mass is 334 g/mol. The van der Waals surface area contributed by atoms with Crippen molar-refractivity contribution in [3.8, 4) is 5.75 Å². The Bertz CT molecular complexity index is 431. The van der Waals surface area contributed by atoms with Crippen LogP contribution in [-0.4, -0.2) is 31.0 Å². The zero-order valence-corrected chi connectivity index (χ0v) is 15.2. The smallest absolute Gasteiger partial charge is 0.122 e. The Balaban J connectivity index is 2.27. The van der Waals surface area contributed by atoms with Crippen LogP contribution in [0.3, 0.4) is 0 Å². The lowest BCUT2D eigenvalue weighted by Gasteiger charge is -2.15. The molecule has 0 fully saturated rings. The maximum absolute atomic E-state index is 9.86. The van der Waals surface area contributed by atoms with E-state index in [2.05, 4.69) is 19.6 Å². The Morgan fingerprint density at radius 1 is 1.04 bits per heavy atom. The van der Waals surface area contributed by atoms with E-state index >= 15 is 0 Å². The summed E-state index contributed by atoms with van der Waals surface area (Å²) in [4.78, 5) is 0. The number of ether oxygens (including phenoxy) is 2. The first-order valence-corrected chi connectivity index (χ1v) is 9.35. The summed E-state index contributed by atoms with van der Waals surface area (Å²) in [5.41, 5.74) is 1.23. The van der Waals surface area contributed by atoms with Gasteiger partial charge in [0.15, 0.2) is 0 Å². The van der Waals surface area contributed by atoms with Crippen LogP contribution in [0.25, 0.3) is 0 Å². The molecule has 136 valence electrons. The fourth-order valence-corrected chi connectivity index (χ4v) is 2.65. The lowest BCUT2D eigenvalue weighted by atomic mass is 10.0. The van der Waals surface area contributed by atoms with Gasteiger partial charge in [-0.2, -0.15) is 0 Å². The zero-order valence-electron chi connectivity index (χ0n) is 15.2. The molecule has 0 aliphatic heterocycles. The normalized spacial score (nSPS) is 12.1. The van der Waals surface area contributed by atoms with E-state index in [1.807, 2.05) is 18.2 Å². The topological polar surface area (TPSA) is 38.7 Å². The minimum Gasteiger partial charge on any atom is -0.491 e. The van der Waals surface area contributed by atoms with E-state index in [-0.39, 0.29) is 13.2 Å². The predicted octanol–water partition coefficient (Wildman–Crippen LogP) is 4.92. The van der Waals surface area contributed by atoms with E-state index in [1.54, 1.807) is 6.08 Å². The Morgan fingerprint density at radius 3 is 2.50 bits per heavy atom. The second kappa shape index (κ2) is 14.1. The second-order valence-corrected chi connectivity index (χ2v) is 6.27. The molecule has 3 nitrogen and oxygen atoms in total. The van der Waals surface area contributed by atoms with Crippen molar-refractivity contribution in [1.82, 2.24) is 0 Å². The SMILES string of the molecule is C=CCOCC(O)COc1ccccc1CCCCCCCCC. The molecule has 1 aromatic carbocycles. The average molecular weight is 335 g/mol. The van der Waals surface area contributed by atoms with E-state index in [1.165, 1.54) is 50.5 Å². The van der Waals surface area contributed by atoms with Crippen molar-refractivity contribution in [2.45, 2.75) is 64.4 Å². The van der Waals surface area contributed by atoms with Gasteiger partial charge in [-0.3, -0.25) is 0 Å². The maximum atomic E-state index is 9.86. The summed E-state index contributed by atoms with van der Waals surface area (Å²) in [6.07, 6.45) is 11.3. The fraction of sp³-hybridized carbons (Fsp3) is 0.619. The summed E-state index contributed by atoms with van der Waals surface area (Å²) < 4.78 is 11.0. The van der Waals surface area contributed by atoms with E-state index in [0.29, 0.717) is 6.61 Å². The number of para-hydroxylation sites is 1. The van der Waals surface area contributed by atoms with Gasteiger partial charge in [0.25, 0.3) is 0 Å². The molecular formula is C21H34O3. The third kappa shape index (κ3) is 9.74. The van der Waals surface area contributed by atoms with Crippen LogP contribution in [0.1, 0.15) is 57.4 Å². The van der Waals surface area contributed by atoms with Gasteiger partial charge in [-0.25, -0.2) is 0 Å². The van der Waals surface area contributed by atoms with Crippen LogP contribution < -0.4 is 4.74 Å². The molecule has 0 heterocycles. The molecule has 1 atom stereocenters. The lowest BCUT2D eigenvalue weighted by molar-refractivity contribution is 0.0212. The molecule has 24 heavy (non-hydrogen) atoms. The van der Waals surface area contributed by atoms with Crippen LogP contribution in [-0.2, 0) is 11.2 Å². The number of unbranched alkanes of at least 4 members (excludes halogenated alkanes) is 6. The van der Waals surface area contributed by atoms with Crippen molar-refractivity contribution in [2.24, 2.45) is 0 Å². The van der Waals surface area contributed by atoms with Gasteiger partial charge >= 0.3 is 0 Å². The third-order valence-corrected chi connectivity index (χ3v) is 4.00. The Kier molecular flexibility index (Phi) is 12.1. The standard InChI is InChI=1S/C21H34O3/c1-3-5-6-7-8-9-10-13-19-14-11-12-15-21(19)24-18-20(22)17-23-16-4-2/h4,11-12,14-15,20,22H,2-3,5-10,13,16-18H2,1H3. The number of aliphatic hydroxyl groups excluding tert-OH is 1. The molecule has 1 aromatic rings. The first kappa shape index (κ1) is 20.7. The van der Waals surface area contributed by atoms with Crippen LogP contribution in [0.5, 0.6) is 5.75 Å². The first-order valence-electron chi connectivity index (χ1n) is 9.35. The number of rotatable bonds is 15. The van der Waals surface area contributed by atoms with Gasteiger partial charge in [0.05, 0.1) is 13.2 Å². The van der Waals surface area contributed by atoms with Gasteiger partial charge in [-0.15, -0.1) is 6.58 Å². The van der Waals surface area contributed by atoms with E-state index in [0.717, 1.165) is 12.2 Å². The minimum atomic E-state index is -0.614. The highest BCUT2D eigenvalue weighted by molar-refractivity contribution is 5.33. The van der Waals surface area contributed by atoms with E-state index in [9.17, 15) is 5.11 Å². The highest BCUT2D eigenvalue weighted by Gasteiger charge is 2.08. The van der Waals surface area contributed by atoms with E-state index in [4.69, 9.17) is 9.47 Å². The molecule has 0 saturated heterocycles. The number of aliphatic hydroxyl groups is 1. The highest BCUT2D eigenvalue weighted by Crippen LogP contribution is 2.21. The number of hydrogen-bond donors (Lipinski definition) is 1. The summed E-state index contributed by atoms with van der Waals surface area (Å²) in [7, 11) is 0. The van der Waals surface area contributed by atoms with Gasteiger partial charge in [-0.1, -0.05) is 69.7 Å². The van der Waals surface area contributed by atoms with Crippen molar-refractivity contribution >= 4 is 0 Å². The zero-order chi connectivity index (χ0) is 17.5. The fourth-order valence-electron chi connectivity index (χ4n) is 2.65. The Morgan fingerprint density at radius 2 is 1.75 bits per heavy atom. The molecule has 0 aromatic heterocycles. The molecule has 0 amide bonds. The Labute approximate surface area is 147 Å². The molecule has 0 radical (unpaired) electrons. The van der Waals surface area contributed by atoms with Crippen molar-refractivity contribution in [2.75, 3.05) is 19.8 Å². The largest absolute Gasteiger partial charge is 0.491 e. The lowest BCUT2D eigenvalue weighted by Crippen LogP contribution is -2.23. The van der Waals surface area contributed by atoms with Gasteiger partial charge in [-0.05, 0) is 24.5 Å². The van der Waals surface area contributed by atoms with Crippen molar-refractivity contribution in [1.29, 1.82) is 0 Å². The van der Waals surface area contributed by atoms with Crippen LogP contribution >= 0.6 is 0 Å². The number of benzene rings is 1. The molecule has 0 aliphatic rings. The van der Waals surface area contributed by atoms with Crippen LogP contribution in [0.2, 0.25) is 0 Å². The summed E-state index contributed by atoms with van der Waals surface area (Å²) in [6, 6.07) is 8.12. The summed E-state index contributed by atoms with van der Waals surface area (Å²) >= 11 is 0. The molecule has 1 rings (SSSR count). The average Bonchev–Trinajstić information content (AvgIpc) is 2.60. The predicted molar refractivity (Wildman–Crippen MR) is 101 cm³/mol. The molecule has 0 spiro atoms. The van der Waals surface area contributed by atoms with E-state index < -0.39 is 6.10 Å². The van der Waals surface area contributed by atoms with Crippen LogP contribution in [0.15, 0.2) is 36.9 Å². The number of aryl methyl sites for hydroxylation is 1. The van der Waals surface area contributed by atoms with Gasteiger partial charge in [0, 0.05) is 0 Å². The molecule has 0 bridgehead atoms. The Hall–Kier alpha value is -1.32. The molecule has 3 heteroatoms. The molecule has 1 unspecified atom stereocenters.